The molecule has 2 amide bonds. The number of anilines is 1. The van der Waals surface area contributed by atoms with E-state index in [4.69, 9.17) is 16.3 Å². The van der Waals surface area contributed by atoms with Gasteiger partial charge in [-0.2, -0.15) is 0 Å². The van der Waals surface area contributed by atoms with Crippen molar-refractivity contribution in [2.75, 3.05) is 24.2 Å². The number of ether oxygens (including phenoxy) is 1. The molecule has 36 heavy (non-hydrogen) atoms. The Morgan fingerprint density at radius 1 is 1.11 bits per heavy atom. The summed E-state index contributed by atoms with van der Waals surface area (Å²) in [5.74, 6) is -0.587. The van der Waals surface area contributed by atoms with Gasteiger partial charge >= 0.3 is 0 Å². The number of halogens is 1. The number of benzene rings is 2. The van der Waals surface area contributed by atoms with Crippen LogP contribution in [-0.2, 0) is 26.2 Å². The molecule has 0 bridgehead atoms. The second kappa shape index (κ2) is 12.0. The molecular formula is C26H36ClN3O5S. The molecule has 2 aromatic rings. The molecule has 0 aliphatic heterocycles. The van der Waals surface area contributed by atoms with Crippen molar-refractivity contribution in [2.24, 2.45) is 0 Å². The summed E-state index contributed by atoms with van der Waals surface area (Å²) < 4.78 is 31.9. The smallest absolute Gasteiger partial charge is 0.244 e. The van der Waals surface area contributed by atoms with Gasteiger partial charge in [-0.25, -0.2) is 8.42 Å². The SMILES string of the molecule is CCC(C(=O)NC(C)(C)C)N(Cc1ccc(C)cc1)C(=O)CN(c1cc(Cl)ccc1OC)S(C)(=O)=O. The summed E-state index contributed by atoms with van der Waals surface area (Å²) >= 11 is 6.14. The maximum Gasteiger partial charge on any atom is 0.244 e. The van der Waals surface area contributed by atoms with Crippen molar-refractivity contribution in [3.63, 3.8) is 0 Å². The van der Waals surface area contributed by atoms with Gasteiger partial charge in [-0.1, -0.05) is 48.4 Å². The molecule has 0 spiro atoms. The van der Waals surface area contributed by atoms with Crippen LogP contribution in [0.4, 0.5) is 5.69 Å². The Morgan fingerprint density at radius 3 is 2.22 bits per heavy atom. The predicted molar refractivity (Wildman–Crippen MR) is 144 cm³/mol. The van der Waals surface area contributed by atoms with Gasteiger partial charge < -0.3 is 15.0 Å². The Morgan fingerprint density at radius 2 is 1.72 bits per heavy atom. The monoisotopic (exact) mass is 537 g/mol. The van der Waals surface area contributed by atoms with Crippen LogP contribution in [0.15, 0.2) is 42.5 Å². The van der Waals surface area contributed by atoms with Crippen LogP contribution in [0.3, 0.4) is 0 Å². The largest absolute Gasteiger partial charge is 0.495 e. The van der Waals surface area contributed by atoms with Gasteiger partial charge in [0.1, 0.15) is 18.3 Å². The van der Waals surface area contributed by atoms with Crippen LogP contribution in [0.1, 0.15) is 45.2 Å². The lowest BCUT2D eigenvalue weighted by atomic mass is 10.1. The van der Waals surface area contributed by atoms with E-state index in [0.29, 0.717) is 11.4 Å². The zero-order chi connectivity index (χ0) is 27.3. The summed E-state index contributed by atoms with van der Waals surface area (Å²) in [6, 6.07) is 11.4. The quantitative estimate of drug-likeness (QED) is 0.491. The van der Waals surface area contributed by atoms with E-state index in [2.05, 4.69) is 5.32 Å². The van der Waals surface area contributed by atoms with E-state index >= 15 is 0 Å². The Kier molecular flexibility index (Phi) is 9.79. The number of sulfonamides is 1. The lowest BCUT2D eigenvalue weighted by Gasteiger charge is -2.34. The molecule has 0 heterocycles. The third-order valence-electron chi connectivity index (χ3n) is 5.45. The number of aryl methyl sites for hydroxylation is 1. The summed E-state index contributed by atoms with van der Waals surface area (Å²) in [6.45, 7) is 8.97. The van der Waals surface area contributed by atoms with Crippen LogP contribution in [0, 0.1) is 6.92 Å². The Hall–Kier alpha value is -2.78. The number of carbonyl (C=O) groups is 2. The molecule has 0 aromatic heterocycles. The predicted octanol–water partition coefficient (Wildman–Crippen LogP) is 4.15. The molecule has 198 valence electrons. The highest BCUT2D eigenvalue weighted by Gasteiger charge is 2.33. The Bertz CT molecular complexity index is 1180. The van der Waals surface area contributed by atoms with Gasteiger partial charge in [0.25, 0.3) is 0 Å². The van der Waals surface area contributed by atoms with Crippen LogP contribution in [0.5, 0.6) is 5.75 Å². The number of methoxy groups -OCH3 is 1. The molecular weight excluding hydrogens is 502 g/mol. The lowest BCUT2D eigenvalue weighted by molar-refractivity contribution is -0.141. The van der Waals surface area contributed by atoms with E-state index in [0.717, 1.165) is 21.7 Å². The summed E-state index contributed by atoms with van der Waals surface area (Å²) in [5, 5.41) is 3.23. The minimum absolute atomic E-state index is 0.138. The van der Waals surface area contributed by atoms with Crippen LogP contribution in [-0.4, -0.2) is 56.6 Å². The standard InChI is InChI=1S/C26H36ClN3O5S/c1-8-21(25(32)28-26(3,4)5)29(16-19-11-9-18(2)10-12-19)24(31)17-30(36(7,33)34)22-15-20(27)13-14-23(22)35-6/h9-15,21H,8,16-17H2,1-7H3,(H,28,32). The van der Waals surface area contributed by atoms with E-state index in [1.54, 1.807) is 6.07 Å². The molecule has 0 aliphatic carbocycles. The molecule has 10 heteroatoms. The summed E-state index contributed by atoms with van der Waals surface area (Å²) in [5.41, 5.74) is 1.52. The first-order valence-electron chi connectivity index (χ1n) is 11.6. The molecule has 0 fully saturated rings. The third kappa shape index (κ3) is 8.13. The molecule has 2 rings (SSSR count). The molecule has 0 saturated carbocycles. The number of hydrogen-bond acceptors (Lipinski definition) is 5. The van der Waals surface area contributed by atoms with Gasteiger partial charge in [0.15, 0.2) is 0 Å². The molecule has 8 nitrogen and oxygen atoms in total. The molecule has 1 atom stereocenters. The average molecular weight is 538 g/mol. The number of rotatable bonds is 10. The van der Waals surface area contributed by atoms with E-state index in [9.17, 15) is 18.0 Å². The average Bonchev–Trinajstić information content (AvgIpc) is 2.76. The molecule has 1 N–H and O–H groups in total. The van der Waals surface area contributed by atoms with Crippen molar-refractivity contribution in [3.05, 3.63) is 58.6 Å². The van der Waals surface area contributed by atoms with Crippen molar-refractivity contribution >= 4 is 39.1 Å². The van der Waals surface area contributed by atoms with Gasteiger partial charge in [0.05, 0.1) is 19.1 Å². The fourth-order valence-corrected chi connectivity index (χ4v) is 4.73. The summed E-state index contributed by atoms with van der Waals surface area (Å²) in [7, 11) is -2.50. The zero-order valence-corrected chi connectivity index (χ0v) is 23.5. The van der Waals surface area contributed by atoms with Crippen LogP contribution in [0.2, 0.25) is 5.02 Å². The van der Waals surface area contributed by atoms with Crippen LogP contribution in [0.25, 0.3) is 0 Å². The van der Waals surface area contributed by atoms with Crippen LogP contribution >= 0.6 is 11.6 Å². The maximum atomic E-state index is 13.8. The highest BCUT2D eigenvalue weighted by Crippen LogP contribution is 2.33. The Balaban J connectivity index is 2.52. The van der Waals surface area contributed by atoms with Gasteiger partial charge in [0, 0.05) is 17.1 Å². The van der Waals surface area contributed by atoms with Gasteiger partial charge in [0.2, 0.25) is 21.8 Å². The van der Waals surface area contributed by atoms with Crippen molar-refractivity contribution in [2.45, 2.75) is 59.2 Å². The fraction of sp³-hybridized carbons (Fsp3) is 0.462. The van der Waals surface area contributed by atoms with Crippen molar-refractivity contribution < 1.29 is 22.7 Å². The molecule has 0 aliphatic rings. The zero-order valence-electron chi connectivity index (χ0n) is 22.0. The van der Waals surface area contributed by atoms with E-state index in [1.165, 1.54) is 24.1 Å². The van der Waals surface area contributed by atoms with Crippen LogP contribution < -0.4 is 14.4 Å². The normalized spacial score (nSPS) is 12.6. The van der Waals surface area contributed by atoms with Gasteiger partial charge in [-0.3, -0.25) is 13.9 Å². The van der Waals surface area contributed by atoms with Gasteiger partial charge in [-0.15, -0.1) is 0 Å². The number of amides is 2. The second-order valence-corrected chi connectivity index (χ2v) is 12.1. The van der Waals surface area contributed by atoms with Crippen molar-refractivity contribution in [3.8, 4) is 5.75 Å². The lowest BCUT2D eigenvalue weighted by Crippen LogP contribution is -2.55. The topological polar surface area (TPSA) is 96.0 Å². The highest BCUT2D eigenvalue weighted by atomic mass is 35.5. The fourth-order valence-electron chi connectivity index (χ4n) is 3.72. The minimum Gasteiger partial charge on any atom is -0.495 e. The summed E-state index contributed by atoms with van der Waals surface area (Å²) in [4.78, 5) is 28.4. The molecule has 1 unspecified atom stereocenters. The first-order valence-corrected chi connectivity index (χ1v) is 13.9. The molecule has 2 aromatic carbocycles. The maximum absolute atomic E-state index is 13.8. The Labute approximate surface area is 219 Å². The summed E-state index contributed by atoms with van der Waals surface area (Å²) in [6.07, 6.45) is 1.35. The second-order valence-electron chi connectivity index (χ2n) is 9.76. The number of nitrogens with one attached hydrogen (secondary N) is 1. The number of carbonyl (C=O) groups excluding carboxylic acids is 2. The minimum atomic E-state index is -3.91. The highest BCUT2D eigenvalue weighted by molar-refractivity contribution is 7.92. The van der Waals surface area contributed by atoms with Crippen molar-refractivity contribution in [1.82, 2.24) is 10.2 Å². The first-order chi connectivity index (χ1) is 16.7. The third-order valence-corrected chi connectivity index (χ3v) is 6.81. The van der Waals surface area contributed by atoms with Crippen molar-refractivity contribution in [1.29, 1.82) is 0 Å². The molecule has 0 radical (unpaired) electrons. The van der Waals surface area contributed by atoms with E-state index in [1.807, 2.05) is 58.9 Å². The van der Waals surface area contributed by atoms with Gasteiger partial charge in [-0.05, 0) is 57.9 Å². The van der Waals surface area contributed by atoms with E-state index < -0.39 is 34.1 Å². The number of hydrogen-bond donors (Lipinski definition) is 1. The molecule has 0 saturated heterocycles. The number of nitrogens with zero attached hydrogens (tertiary/aromatic N) is 2. The first kappa shape index (κ1) is 29.5. The van der Waals surface area contributed by atoms with E-state index in [-0.39, 0.29) is 23.9 Å².